The molecule has 1 unspecified atom stereocenters. The van der Waals surface area contributed by atoms with Crippen LogP contribution in [0.2, 0.25) is 0 Å². The van der Waals surface area contributed by atoms with Gasteiger partial charge in [-0.2, -0.15) is 0 Å². The van der Waals surface area contributed by atoms with Crippen molar-refractivity contribution in [3.63, 3.8) is 0 Å². The molecular formula is C11H24IN. The minimum atomic E-state index is 0.746. The number of halogens is 1. The lowest BCUT2D eigenvalue weighted by Gasteiger charge is -2.26. The molecule has 0 rings (SSSR count). The van der Waals surface area contributed by atoms with Gasteiger partial charge < -0.3 is 0 Å². The van der Waals surface area contributed by atoms with Crippen molar-refractivity contribution in [2.24, 2.45) is 0 Å². The van der Waals surface area contributed by atoms with Gasteiger partial charge in [-0.3, -0.25) is 4.90 Å². The summed E-state index contributed by atoms with van der Waals surface area (Å²) in [6, 6.07) is 0. The molecule has 0 radical (unpaired) electrons. The SMILES string of the molecule is CCCCN(CCCC)C(I)CC. The largest absolute Gasteiger partial charge is 0.292 e. The van der Waals surface area contributed by atoms with Crippen LogP contribution < -0.4 is 0 Å². The molecule has 0 bridgehead atoms. The number of alkyl halides is 1. The molecule has 13 heavy (non-hydrogen) atoms. The van der Waals surface area contributed by atoms with E-state index in [0.29, 0.717) is 0 Å². The van der Waals surface area contributed by atoms with Gasteiger partial charge in [0, 0.05) is 0 Å². The molecule has 1 atom stereocenters. The summed E-state index contributed by atoms with van der Waals surface area (Å²) in [5.74, 6) is 0. The Hall–Kier alpha value is 0.690. The summed E-state index contributed by atoms with van der Waals surface area (Å²) in [7, 11) is 0. The second kappa shape index (κ2) is 9.25. The lowest BCUT2D eigenvalue weighted by atomic mass is 10.2. The summed E-state index contributed by atoms with van der Waals surface area (Å²) in [4.78, 5) is 2.63. The zero-order chi connectivity index (χ0) is 10.1. The van der Waals surface area contributed by atoms with Gasteiger partial charge in [0.25, 0.3) is 0 Å². The first-order valence-electron chi connectivity index (χ1n) is 5.64. The van der Waals surface area contributed by atoms with Gasteiger partial charge in [-0.15, -0.1) is 0 Å². The first kappa shape index (κ1) is 13.7. The van der Waals surface area contributed by atoms with Crippen molar-refractivity contribution < 1.29 is 0 Å². The number of hydrogen-bond acceptors (Lipinski definition) is 1. The quantitative estimate of drug-likeness (QED) is 0.371. The second-order valence-corrected chi connectivity index (χ2v) is 5.02. The zero-order valence-corrected chi connectivity index (χ0v) is 11.5. The van der Waals surface area contributed by atoms with E-state index in [2.05, 4.69) is 48.3 Å². The van der Waals surface area contributed by atoms with Gasteiger partial charge in [-0.1, -0.05) is 56.2 Å². The molecule has 0 spiro atoms. The summed E-state index contributed by atoms with van der Waals surface area (Å²) in [5.41, 5.74) is 0. The number of hydrogen-bond donors (Lipinski definition) is 0. The molecule has 0 aromatic carbocycles. The third-order valence-electron chi connectivity index (χ3n) is 2.33. The number of unbranched alkanes of at least 4 members (excludes halogenated alkanes) is 2. The van der Waals surface area contributed by atoms with Gasteiger partial charge in [-0.05, 0) is 32.4 Å². The number of nitrogens with zero attached hydrogens (tertiary/aromatic N) is 1. The Morgan fingerprint density at radius 3 is 1.77 bits per heavy atom. The summed E-state index contributed by atoms with van der Waals surface area (Å²) < 4.78 is 0.746. The third-order valence-corrected chi connectivity index (χ3v) is 4.00. The van der Waals surface area contributed by atoms with Crippen LogP contribution >= 0.6 is 22.6 Å². The van der Waals surface area contributed by atoms with Gasteiger partial charge >= 0.3 is 0 Å². The normalized spacial score (nSPS) is 13.6. The van der Waals surface area contributed by atoms with Gasteiger partial charge in [0.1, 0.15) is 0 Å². The van der Waals surface area contributed by atoms with Gasteiger partial charge in [-0.25, -0.2) is 0 Å². The van der Waals surface area contributed by atoms with Crippen LogP contribution in [0.4, 0.5) is 0 Å². The second-order valence-electron chi connectivity index (χ2n) is 3.59. The van der Waals surface area contributed by atoms with E-state index in [1.807, 2.05) is 0 Å². The molecular weight excluding hydrogens is 273 g/mol. The van der Waals surface area contributed by atoms with E-state index >= 15 is 0 Å². The van der Waals surface area contributed by atoms with E-state index in [4.69, 9.17) is 0 Å². The smallest absolute Gasteiger partial charge is 0.0615 e. The molecule has 1 nitrogen and oxygen atoms in total. The maximum Gasteiger partial charge on any atom is 0.0615 e. The molecule has 0 amide bonds. The Morgan fingerprint density at radius 2 is 1.46 bits per heavy atom. The van der Waals surface area contributed by atoms with Crippen LogP contribution in [0, 0.1) is 0 Å². The Balaban J connectivity index is 3.72. The fourth-order valence-electron chi connectivity index (χ4n) is 1.37. The Labute approximate surface area is 97.4 Å². The molecule has 0 aromatic rings. The Morgan fingerprint density at radius 1 is 1.00 bits per heavy atom. The van der Waals surface area contributed by atoms with Crippen LogP contribution in [-0.2, 0) is 0 Å². The van der Waals surface area contributed by atoms with E-state index in [1.54, 1.807) is 0 Å². The van der Waals surface area contributed by atoms with Crippen molar-refractivity contribution in [2.45, 2.75) is 56.9 Å². The van der Waals surface area contributed by atoms with Crippen LogP contribution in [0.15, 0.2) is 0 Å². The molecule has 0 saturated carbocycles. The predicted octanol–water partition coefficient (Wildman–Crippen LogP) is 4.06. The maximum absolute atomic E-state index is 2.63. The molecule has 0 aromatic heterocycles. The van der Waals surface area contributed by atoms with Gasteiger partial charge in [0.15, 0.2) is 0 Å². The fourth-order valence-corrected chi connectivity index (χ4v) is 1.93. The molecule has 0 heterocycles. The maximum atomic E-state index is 2.63. The van der Waals surface area contributed by atoms with Crippen molar-refractivity contribution >= 4 is 22.6 Å². The van der Waals surface area contributed by atoms with Crippen LogP contribution in [0.1, 0.15) is 52.9 Å². The van der Waals surface area contributed by atoms with Crippen molar-refractivity contribution in [2.75, 3.05) is 13.1 Å². The van der Waals surface area contributed by atoms with Crippen molar-refractivity contribution in [3.05, 3.63) is 0 Å². The molecule has 80 valence electrons. The third kappa shape index (κ3) is 6.72. The first-order chi connectivity index (χ1) is 6.26. The summed E-state index contributed by atoms with van der Waals surface area (Å²) >= 11 is 2.57. The summed E-state index contributed by atoms with van der Waals surface area (Å²) in [6.45, 7) is 9.40. The zero-order valence-electron chi connectivity index (χ0n) is 9.35. The van der Waals surface area contributed by atoms with E-state index in [-0.39, 0.29) is 0 Å². The van der Waals surface area contributed by atoms with Gasteiger partial charge in [0.2, 0.25) is 0 Å². The summed E-state index contributed by atoms with van der Waals surface area (Å²) in [5, 5.41) is 0. The van der Waals surface area contributed by atoms with E-state index in [0.717, 1.165) is 4.05 Å². The van der Waals surface area contributed by atoms with Crippen LogP contribution in [0.5, 0.6) is 0 Å². The summed E-state index contributed by atoms with van der Waals surface area (Å²) in [6.07, 6.45) is 6.60. The van der Waals surface area contributed by atoms with Crippen molar-refractivity contribution in [3.8, 4) is 0 Å². The van der Waals surface area contributed by atoms with E-state index < -0.39 is 0 Å². The molecule has 0 aliphatic heterocycles. The Bertz CT molecular complexity index is 98.3. The minimum absolute atomic E-state index is 0.746. The molecule has 0 saturated heterocycles. The van der Waals surface area contributed by atoms with E-state index in [9.17, 15) is 0 Å². The lowest BCUT2D eigenvalue weighted by molar-refractivity contribution is 0.254. The van der Waals surface area contributed by atoms with Crippen molar-refractivity contribution in [1.29, 1.82) is 0 Å². The molecule has 2 heteroatoms. The average molecular weight is 297 g/mol. The van der Waals surface area contributed by atoms with Crippen LogP contribution in [-0.4, -0.2) is 22.0 Å². The highest BCUT2D eigenvalue weighted by molar-refractivity contribution is 14.1. The number of rotatable bonds is 8. The molecule has 0 N–H and O–H groups in total. The molecule has 0 fully saturated rings. The van der Waals surface area contributed by atoms with E-state index in [1.165, 1.54) is 45.2 Å². The standard InChI is InChI=1S/C11H24IN/c1-4-7-9-13(10-8-5-2)11(12)6-3/h11H,4-10H2,1-3H3. The highest BCUT2D eigenvalue weighted by atomic mass is 127. The predicted molar refractivity (Wildman–Crippen MR) is 69.5 cm³/mol. The molecule has 0 aliphatic carbocycles. The van der Waals surface area contributed by atoms with Gasteiger partial charge in [0.05, 0.1) is 4.05 Å². The van der Waals surface area contributed by atoms with Crippen LogP contribution in [0.3, 0.4) is 0 Å². The first-order valence-corrected chi connectivity index (χ1v) is 6.88. The average Bonchev–Trinajstić information content (AvgIpc) is 2.17. The highest BCUT2D eigenvalue weighted by Crippen LogP contribution is 2.14. The minimum Gasteiger partial charge on any atom is -0.292 e. The van der Waals surface area contributed by atoms with Crippen molar-refractivity contribution in [1.82, 2.24) is 4.90 Å². The Kier molecular flexibility index (Phi) is 9.74. The highest BCUT2D eigenvalue weighted by Gasteiger charge is 2.11. The fraction of sp³-hybridized carbons (Fsp3) is 1.00. The topological polar surface area (TPSA) is 3.24 Å². The monoisotopic (exact) mass is 297 g/mol. The van der Waals surface area contributed by atoms with Crippen LogP contribution in [0.25, 0.3) is 0 Å². The lowest BCUT2D eigenvalue weighted by Crippen LogP contribution is -2.32. The molecule has 0 aliphatic rings.